The Labute approximate surface area is 177 Å². The van der Waals surface area contributed by atoms with E-state index in [2.05, 4.69) is 4.98 Å². The molecule has 0 bridgehead atoms. The SMILES string of the molecule is CCN(Cc1cccc2c1OCCO2)C(=O)c1sc2nc3n(c(=O)c2c1C)CCC3. The normalized spacial score (nSPS) is 14.7. The van der Waals surface area contributed by atoms with E-state index in [0.29, 0.717) is 59.4 Å². The van der Waals surface area contributed by atoms with Crippen LogP contribution in [0.2, 0.25) is 0 Å². The Morgan fingerprint density at radius 3 is 2.97 bits per heavy atom. The number of amides is 1. The predicted octanol–water partition coefficient (Wildman–Crippen LogP) is 3.15. The maximum Gasteiger partial charge on any atom is 0.264 e. The standard InChI is InChI=1S/C22H23N3O4S/c1-3-24(12-14-6-4-7-15-18(14)29-11-10-28-15)22(27)19-13(2)17-20(30-19)23-16-8-5-9-25(16)21(17)26/h4,6-7H,3,5,8-12H2,1-2H3. The number of hydrogen-bond donors (Lipinski definition) is 0. The smallest absolute Gasteiger partial charge is 0.264 e. The van der Waals surface area contributed by atoms with Crippen LogP contribution in [-0.4, -0.2) is 40.1 Å². The van der Waals surface area contributed by atoms with Crippen molar-refractivity contribution in [2.75, 3.05) is 19.8 Å². The molecular weight excluding hydrogens is 402 g/mol. The Bertz CT molecular complexity index is 1210. The van der Waals surface area contributed by atoms with Crippen LogP contribution in [-0.2, 0) is 19.5 Å². The maximum absolute atomic E-state index is 13.4. The highest BCUT2D eigenvalue weighted by Gasteiger charge is 2.26. The fraction of sp³-hybridized carbons (Fsp3) is 0.409. The van der Waals surface area contributed by atoms with Crippen molar-refractivity contribution in [3.8, 4) is 11.5 Å². The number of carbonyl (C=O) groups excluding carboxylic acids is 1. The highest BCUT2D eigenvalue weighted by molar-refractivity contribution is 7.20. The van der Waals surface area contributed by atoms with Gasteiger partial charge in [0, 0.05) is 31.6 Å². The predicted molar refractivity (Wildman–Crippen MR) is 115 cm³/mol. The summed E-state index contributed by atoms with van der Waals surface area (Å²) in [5.41, 5.74) is 1.62. The second kappa shape index (κ2) is 7.43. The molecule has 0 unspecified atom stereocenters. The highest BCUT2D eigenvalue weighted by Crippen LogP contribution is 2.35. The molecular formula is C22H23N3O4S. The third kappa shape index (κ3) is 2.98. The van der Waals surface area contributed by atoms with Crippen molar-refractivity contribution in [1.29, 1.82) is 0 Å². The summed E-state index contributed by atoms with van der Waals surface area (Å²) in [5.74, 6) is 2.16. The van der Waals surface area contributed by atoms with E-state index in [4.69, 9.17) is 9.47 Å². The molecule has 2 aliphatic heterocycles. The topological polar surface area (TPSA) is 73.7 Å². The Morgan fingerprint density at radius 2 is 2.13 bits per heavy atom. The van der Waals surface area contributed by atoms with Crippen LogP contribution in [0.3, 0.4) is 0 Å². The van der Waals surface area contributed by atoms with Gasteiger partial charge in [-0.05, 0) is 31.9 Å². The number of fused-ring (bicyclic) bond motifs is 3. The quantitative estimate of drug-likeness (QED) is 0.642. The zero-order valence-corrected chi connectivity index (χ0v) is 17.9. The van der Waals surface area contributed by atoms with Crippen molar-refractivity contribution in [3.63, 3.8) is 0 Å². The van der Waals surface area contributed by atoms with Gasteiger partial charge in [0.1, 0.15) is 23.9 Å². The number of hydrogen-bond acceptors (Lipinski definition) is 6. The minimum absolute atomic E-state index is 0.0222. The molecule has 4 heterocycles. The summed E-state index contributed by atoms with van der Waals surface area (Å²) >= 11 is 1.32. The number of aryl methyl sites for hydroxylation is 2. The molecule has 0 aliphatic carbocycles. The lowest BCUT2D eigenvalue weighted by atomic mass is 10.1. The summed E-state index contributed by atoms with van der Waals surface area (Å²) in [7, 11) is 0. The third-order valence-corrected chi connectivity index (χ3v) is 6.96. The van der Waals surface area contributed by atoms with E-state index in [1.807, 2.05) is 32.0 Å². The van der Waals surface area contributed by atoms with Gasteiger partial charge in [-0.1, -0.05) is 12.1 Å². The molecule has 1 amide bonds. The van der Waals surface area contributed by atoms with E-state index in [9.17, 15) is 9.59 Å². The average molecular weight is 426 g/mol. The third-order valence-electron chi connectivity index (χ3n) is 5.78. The van der Waals surface area contributed by atoms with Crippen molar-refractivity contribution in [1.82, 2.24) is 14.5 Å². The van der Waals surface area contributed by atoms with Gasteiger partial charge < -0.3 is 14.4 Å². The molecule has 30 heavy (non-hydrogen) atoms. The summed E-state index contributed by atoms with van der Waals surface area (Å²) in [6, 6.07) is 5.75. The van der Waals surface area contributed by atoms with Crippen LogP contribution in [0.4, 0.5) is 0 Å². The molecule has 0 saturated heterocycles. The van der Waals surface area contributed by atoms with Gasteiger partial charge in [0.25, 0.3) is 11.5 Å². The van der Waals surface area contributed by atoms with E-state index in [1.165, 1.54) is 11.3 Å². The number of rotatable bonds is 4. The van der Waals surface area contributed by atoms with Gasteiger partial charge in [-0.2, -0.15) is 0 Å². The van der Waals surface area contributed by atoms with Gasteiger partial charge in [-0.3, -0.25) is 14.2 Å². The number of para-hydroxylation sites is 1. The van der Waals surface area contributed by atoms with Crippen molar-refractivity contribution >= 4 is 27.5 Å². The molecule has 2 aromatic heterocycles. The van der Waals surface area contributed by atoms with E-state index in [1.54, 1.807) is 9.47 Å². The Balaban J connectivity index is 1.51. The molecule has 1 aromatic carbocycles. The van der Waals surface area contributed by atoms with Gasteiger partial charge >= 0.3 is 0 Å². The van der Waals surface area contributed by atoms with Crippen molar-refractivity contribution < 1.29 is 14.3 Å². The second-order valence-corrected chi connectivity index (χ2v) is 8.58. The Kier molecular flexibility index (Phi) is 4.73. The zero-order chi connectivity index (χ0) is 20.8. The molecule has 0 fully saturated rings. The van der Waals surface area contributed by atoms with Gasteiger partial charge in [0.15, 0.2) is 11.5 Å². The van der Waals surface area contributed by atoms with E-state index < -0.39 is 0 Å². The van der Waals surface area contributed by atoms with Crippen LogP contribution >= 0.6 is 11.3 Å². The molecule has 5 rings (SSSR count). The largest absolute Gasteiger partial charge is 0.486 e. The van der Waals surface area contributed by atoms with Crippen LogP contribution in [0.15, 0.2) is 23.0 Å². The van der Waals surface area contributed by atoms with E-state index >= 15 is 0 Å². The van der Waals surface area contributed by atoms with Crippen LogP contribution in [0.25, 0.3) is 10.2 Å². The Hall–Kier alpha value is -2.87. The molecule has 0 saturated carbocycles. The lowest BCUT2D eigenvalue weighted by Crippen LogP contribution is -2.31. The van der Waals surface area contributed by atoms with Crippen molar-refractivity contribution in [3.05, 3.63) is 50.4 Å². The number of ether oxygens (including phenoxy) is 2. The molecule has 7 nitrogen and oxygen atoms in total. The van der Waals surface area contributed by atoms with Crippen LogP contribution in [0.1, 0.15) is 40.0 Å². The number of benzene rings is 1. The summed E-state index contributed by atoms with van der Waals surface area (Å²) in [6.07, 6.45) is 1.76. The molecule has 0 atom stereocenters. The Morgan fingerprint density at radius 1 is 1.30 bits per heavy atom. The van der Waals surface area contributed by atoms with Gasteiger partial charge in [0.2, 0.25) is 0 Å². The lowest BCUT2D eigenvalue weighted by Gasteiger charge is -2.25. The molecule has 2 aliphatic rings. The zero-order valence-electron chi connectivity index (χ0n) is 17.1. The molecule has 0 radical (unpaired) electrons. The number of aromatic nitrogens is 2. The molecule has 0 N–H and O–H groups in total. The molecule has 3 aromatic rings. The van der Waals surface area contributed by atoms with Crippen LogP contribution in [0, 0.1) is 6.92 Å². The average Bonchev–Trinajstić information content (AvgIpc) is 3.36. The molecule has 8 heteroatoms. The molecule has 156 valence electrons. The minimum Gasteiger partial charge on any atom is -0.486 e. The first-order chi connectivity index (χ1) is 14.6. The summed E-state index contributed by atoms with van der Waals surface area (Å²) in [4.78, 5) is 34.1. The number of nitrogens with zero attached hydrogens (tertiary/aromatic N) is 3. The fourth-order valence-electron chi connectivity index (χ4n) is 4.21. The van der Waals surface area contributed by atoms with Gasteiger partial charge in [-0.25, -0.2) is 4.98 Å². The molecule has 0 spiro atoms. The first-order valence-corrected chi connectivity index (χ1v) is 11.1. The first kappa shape index (κ1) is 19.1. The minimum atomic E-state index is -0.0862. The second-order valence-electron chi connectivity index (χ2n) is 7.59. The first-order valence-electron chi connectivity index (χ1n) is 10.3. The monoisotopic (exact) mass is 425 g/mol. The fourth-order valence-corrected chi connectivity index (χ4v) is 5.37. The number of thiophene rings is 1. The highest BCUT2D eigenvalue weighted by atomic mass is 32.1. The van der Waals surface area contributed by atoms with Crippen LogP contribution < -0.4 is 15.0 Å². The van der Waals surface area contributed by atoms with Crippen LogP contribution in [0.5, 0.6) is 11.5 Å². The maximum atomic E-state index is 13.4. The number of carbonyl (C=O) groups is 1. The van der Waals surface area contributed by atoms with E-state index in [-0.39, 0.29) is 11.5 Å². The lowest BCUT2D eigenvalue weighted by molar-refractivity contribution is 0.0753. The van der Waals surface area contributed by atoms with Crippen molar-refractivity contribution in [2.45, 2.75) is 39.8 Å². The van der Waals surface area contributed by atoms with Crippen molar-refractivity contribution in [2.24, 2.45) is 0 Å². The van der Waals surface area contributed by atoms with Gasteiger partial charge in [0.05, 0.1) is 10.3 Å². The summed E-state index contributed by atoms with van der Waals surface area (Å²) in [5, 5.41) is 0.582. The summed E-state index contributed by atoms with van der Waals surface area (Å²) < 4.78 is 13.2. The van der Waals surface area contributed by atoms with E-state index in [0.717, 1.165) is 29.8 Å². The summed E-state index contributed by atoms with van der Waals surface area (Å²) in [6.45, 7) is 6.50. The van der Waals surface area contributed by atoms with Gasteiger partial charge in [-0.15, -0.1) is 11.3 Å².